The number of nitrogens with one attached hydrogen (secondary N) is 1. The second-order valence-corrected chi connectivity index (χ2v) is 8.11. The van der Waals surface area contributed by atoms with Crippen LogP contribution in [0.15, 0.2) is 11.1 Å². The number of aliphatic hydroxyl groups is 1. The van der Waals surface area contributed by atoms with Gasteiger partial charge in [-0.15, -0.1) is 0 Å². The van der Waals surface area contributed by atoms with Crippen molar-refractivity contribution in [2.45, 2.75) is 24.5 Å². The summed E-state index contributed by atoms with van der Waals surface area (Å²) in [6.45, 7) is -0.870. The molecule has 8 N–H and O–H groups in total. The van der Waals surface area contributed by atoms with Crippen molar-refractivity contribution in [1.29, 1.82) is 0 Å². The molecule has 1 saturated heterocycles. The van der Waals surface area contributed by atoms with Gasteiger partial charge in [0.05, 0.1) is 12.9 Å². The van der Waals surface area contributed by atoms with Gasteiger partial charge in [-0.05, 0) is 0 Å². The third-order valence-electron chi connectivity index (χ3n) is 3.70. The smallest absolute Gasteiger partial charge is 0.386 e. The average Bonchev–Trinajstić information content (AvgIpc) is 3.06. The van der Waals surface area contributed by atoms with Crippen molar-refractivity contribution in [2.24, 2.45) is 0 Å². The van der Waals surface area contributed by atoms with Crippen LogP contribution in [0.3, 0.4) is 0 Å². The number of phosphoric acid groups is 2. The molecule has 16 nitrogen and oxygen atoms in total. The summed E-state index contributed by atoms with van der Waals surface area (Å²) in [5.41, 5.74) is 4.52. The molecule has 4 atom stereocenters. The predicted molar refractivity (Wildman–Crippen MR) is 87.4 cm³/mol. The molecule has 0 amide bonds. The Morgan fingerprint density at radius 1 is 1.29 bits per heavy atom. The SMILES string of the molecule is Nc1nc2c(ncn2[C@@H]2O[C@@H](COP(=O)(O)O)[C@@H](OP(=O)(O)O)[C@@H]2O)c(=O)[nH]1. The second-order valence-electron chi connectivity index (χ2n) is 5.68. The fourth-order valence-electron chi connectivity index (χ4n) is 2.67. The van der Waals surface area contributed by atoms with Crippen LogP contribution in [0.5, 0.6) is 0 Å². The van der Waals surface area contributed by atoms with E-state index in [1.807, 2.05) is 0 Å². The molecule has 0 aromatic carbocycles. The van der Waals surface area contributed by atoms with Gasteiger partial charge in [0.1, 0.15) is 18.3 Å². The van der Waals surface area contributed by atoms with Crippen molar-refractivity contribution in [3.63, 3.8) is 0 Å². The van der Waals surface area contributed by atoms with Crippen LogP contribution in [-0.2, 0) is 22.9 Å². The van der Waals surface area contributed by atoms with E-state index in [0.29, 0.717) is 0 Å². The molecule has 1 aliphatic heterocycles. The highest BCUT2D eigenvalue weighted by atomic mass is 31.2. The van der Waals surface area contributed by atoms with Crippen molar-refractivity contribution in [2.75, 3.05) is 12.3 Å². The van der Waals surface area contributed by atoms with Gasteiger partial charge in [-0.25, -0.2) is 14.1 Å². The molecule has 2 aromatic rings. The first kappa shape index (κ1) is 21.0. The van der Waals surface area contributed by atoms with E-state index in [2.05, 4.69) is 24.0 Å². The van der Waals surface area contributed by atoms with Crippen LogP contribution in [0.1, 0.15) is 6.23 Å². The molecule has 2 aromatic heterocycles. The van der Waals surface area contributed by atoms with Gasteiger partial charge in [0, 0.05) is 0 Å². The zero-order valence-corrected chi connectivity index (χ0v) is 15.4. The monoisotopic (exact) mass is 443 g/mol. The average molecular weight is 443 g/mol. The molecule has 156 valence electrons. The van der Waals surface area contributed by atoms with Crippen LogP contribution < -0.4 is 11.3 Å². The lowest BCUT2D eigenvalue weighted by Gasteiger charge is -2.20. The lowest BCUT2D eigenvalue weighted by atomic mass is 10.1. The van der Waals surface area contributed by atoms with Crippen LogP contribution in [0, 0.1) is 0 Å². The lowest BCUT2D eigenvalue weighted by Crippen LogP contribution is -2.35. The van der Waals surface area contributed by atoms with Crippen LogP contribution in [0.4, 0.5) is 5.95 Å². The highest BCUT2D eigenvalue weighted by molar-refractivity contribution is 7.46. The Labute approximate surface area is 154 Å². The first-order chi connectivity index (χ1) is 12.9. The molecule has 1 aliphatic rings. The summed E-state index contributed by atoms with van der Waals surface area (Å²) in [6.07, 6.45) is -5.40. The number of hydrogen-bond acceptors (Lipinski definition) is 10. The Bertz CT molecular complexity index is 1030. The second kappa shape index (κ2) is 7.27. The summed E-state index contributed by atoms with van der Waals surface area (Å²) < 4.78 is 37.3. The number of aromatic nitrogens is 4. The van der Waals surface area contributed by atoms with E-state index in [4.69, 9.17) is 30.0 Å². The number of nitrogens with two attached hydrogens (primary N) is 1. The van der Waals surface area contributed by atoms with E-state index >= 15 is 0 Å². The summed E-state index contributed by atoms with van der Waals surface area (Å²) >= 11 is 0. The molecule has 3 heterocycles. The molecular formula is C10H15N5O11P2. The largest absolute Gasteiger partial charge is 0.470 e. The van der Waals surface area contributed by atoms with Crippen molar-refractivity contribution in [3.8, 4) is 0 Å². The Morgan fingerprint density at radius 3 is 2.57 bits per heavy atom. The van der Waals surface area contributed by atoms with E-state index in [-0.39, 0.29) is 17.1 Å². The van der Waals surface area contributed by atoms with Gasteiger partial charge in [0.2, 0.25) is 5.95 Å². The van der Waals surface area contributed by atoms with Crippen molar-refractivity contribution < 1.29 is 47.6 Å². The summed E-state index contributed by atoms with van der Waals surface area (Å²) in [5, 5.41) is 10.4. The Kier molecular flexibility index (Phi) is 5.46. The van der Waals surface area contributed by atoms with Gasteiger partial charge in [-0.2, -0.15) is 4.98 Å². The molecule has 0 unspecified atom stereocenters. The molecule has 0 radical (unpaired) electrons. The minimum Gasteiger partial charge on any atom is -0.386 e. The van der Waals surface area contributed by atoms with E-state index in [1.54, 1.807) is 0 Å². The number of phosphoric ester groups is 2. The highest BCUT2D eigenvalue weighted by Gasteiger charge is 2.49. The van der Waals surface area contributed by atoms with Crippen molar-refractivity contribution >= 4 is 32.8 Å². The third kappa shape index (κ3) is 4.47. The van der Waals surface area contributed by atoms with Crippen molar-refractivity contribution in [1.82, 2.24) is 19.5 Å². The lowest BCUT2D eigenvalue weighted by molar-refractivity contribution is -0.0502. The molecular weight excluding hydrogens is 428 g/mol. The number of fused-ring (bicyclic) bond motifs is 1. The molecule has 0 bridgehead atoms. The van der Waals surface area contributed by atoms with E-state index in [9.17, 15) is 19.0 Å². The number of aliphatic hydroxyl groups excluding tert-OH is 1. The number of nitrogens with zero attached hydrogens (tertiary/aromatic N) is 3. The Balaban J connectivity index is 1.97. The normalized spacial score (nSPS) is 26.2. The van der Waals surface area contributed by atoms with Crippen LogP contribution in [0.2, 0.25) is 0 Å². The molecule has 1 fully saturated rings. The predicted octanol–water partition coefficient (Wildman–Crippen LogP) is -2.45. The Hall–Kier alpha value is -1.71. The number of hydrogen-bond donors (Lipinski definition) is 7. The summed E-state index contributed by atoms with van der Waals surface area (Å²) in [5.74, 6) is -0.267. The molecule has 0 spiro atoms. The third-order valence-corrected chi connectivity index (χ3v) is 4.70. The number of rotatable bonds is 6. The molecule has 0 saturated carbocycles. The van der Waals surface area contributed by atoms with Gasteiger partial charge < -0.3 is 35.2 Å². The fourth-order valence-corrected chi connectivity index (χ4v) is 3.59. The number of anilines is 1. The number of ether oxygens (including phenoxy) is 1. The van der Waals surface area contributed by atoms with Gasteiger partial charge >= 0.3 is 15.6 Å². The summed E-state index contributed by atoms with van der Waals surface area (Å²) in [7, 11) is -10.1. The van der Waals surface area contributed by atoms with E-state index in [0.717, 1.165) is 10.9 Å². The number of aromatic amines is 1. The number of nitrogen functional groups attached to an aromatic ring is 1. The minimum atomic E-state index is -5.13. The van der Waals surface area contributed by atoms with E-state index in [1.165, 1.54) is 0 Å². The molecule has 18 heteroatoms. The van der Waals surface area contributed by atoms with Gasteiger partial charge in [0.25, 0.3) is 5.56 Å². The summed E-state index contributed by atoms with van der Waals surface area (Å²) in [4.78, 5) is 57.4. The zero-order chi connectivity index (χ0) is 20.9. The minimum absolute atomic E-state index is 0.114. The number of imidazole rings is 1. The first-order valence-electron chi connectivity index (χ1n) is 7.35. The van der Waals surface area contributed by atoms with Crippen molar-refractivity contribution in [3.05, 3.63) is 16.7 Å². The highest BCUT2D eigenvalue weighted by Crippen LogP contribution is 2.45. The van der Waals surface area contributed by atoms with Gasteiger partial charge in [-0.1, -0.05) is 0 Å². The summed E-state index contributed by atoms with van der Waals surface area (Å²) in [6, 6.07) is 0. The van der Waals surface area contributed by atoms with Gasteiger partial charge in [-0.3, -0.25) is 23.4 Å². The zero-order valence-electron chi connectivity index (χ0n) is 13.6. The number of H-pyrrole nitrogens is 1. The quantitative estimate of drug-likeness (QED) is 0.229. The van der Waals surface area contributed by atoms with Crippen LogP contribution in [0.25, 0.3) is 11.2 Å². The molecule has 3 rings (SSSR count). The maximum atomic E-state index is 11.8. The van der Waals surface area contributed by atoms with E-state index < -0.39 is 52.4 Å². The first-order valence-corrected chi connectivity index (χ1v) is 10.4. The maximum absolute atomic E-state index is 11.8. The molecule has 0 aliphatic carbocycles. The van der Waals surface area contributed by atoms with Crippen LogP contribution >= 0.6 is 15.6 Å². The van der Waals surface area contributed by atoms with Gasteiger partial charge in [0.15, 0.2) is 17.4 Å². The standard InChI is InChI=1S/C10H15N5O11P2/c11-10-13-7-4(8(17)14-10)12-2-15(7)9-5(16)6(26-28(21,22)23)3(25-9)1-24-27(18,19)20/h2-3,5-6,9,16H,1H2,(H2,18,19,20)(H2,21,22,23)(H3,11,13,14,17)/t3-,5-,6+,9+/m0/s1. The fraction of sp³-hybridized carbons (Fsp3) is 0.500. The maximum Gasteiger partial charge on any atom is 0.470 e. The van der Waals surface area contributed by atoms with Crippen LogP contribution in [-0.4, -0.2) is 69.1 Å². The topological polar surface area (TPSA) is 253 Å². The Morgan fingerprint density at radius 2 is 1.96 bits per heavy atom. The molecule has 28 heavy (non-hydrogen) atoms.